The van der Waals surface area contributed by atoms with Crippen LogP contribution in [0.15, 0.2) is 41.4 Å². The lowest BCUT2D eigenvalue weighted by atomic mass is 10.2. The first kappa shape index (κ1) is 12.9. The standard InChI is InChI=1S/C14H11Cl2NO/c1-9-2-5-14(18)13(6-9)17-8-10-3-4-11(15)12(16)7-10/h2-8,18H,1H3. The number of phenolic OH excluding ortho intramolecular Hbond substituents is 1. The van der Waals surface area contributed by atoms with Gasteiger partial charge in [-0.1, -0.05) is 35.3 Å². The quantitative estimate of drug-likeness (QED) is 0.790. The summed E-state index contributed by atoms with van der Waals surface area (Å²) in [5.74, 6) is 0.150. The molecule has 0 unspecified atom stereocenters. The average Bonchev–Trinajstić information content (AvgIpc) is 2.34. The molecule has 0 fully saturated rings. The number of nitrogens with zero attached hydrogens (tertiary/aromatic N) is 1. The van der Waals surface area contributed by atoms with Gasteiger partial charge in [-0.3, -0.25) is 4.99 Å². The predicted molar refractivity (Wildman–Crippen MR) is 76.6 cm³/mol. The highest BCUT2D eigenvalue weighted by Gasteiger charge is 2.00. The lowest BCUT2D eigenvalue weighted by molar-refractivity contribution is 0.477. The van der Waals surface area contributed by atoms with Crippen LogP contribution in [0.3, 0.4) is 0 Å². The van der Waals surface area contributed by atoms with Gasteiger partial charge in [-0.15, -0.1) is 0 Å². The van der Waals surface area contributed by atoms with Crippen molar-refractivity contribution >= 4 is 35.1 Å². The molecule has 0 saturated carbocycles. The highest BCUT2D eigenvalue weighted by molar-refractivity contribution is 6.42. The maximum absolute atomic E-state index is 9.65. The number of benzene rings is 2. The third-order valence-corrected chi connectivity index (χ3v) is 3.17. The number of halogens is 2. The molecule has 0 aliphatic rings. The zero-order chi connectivity index (χ0) is 13.1. The third kappa shape index (κ3) is 3.03. The molecule has 0 atom stereocenters. The molecule has 1 N–H and O–H groups in total. The summed E-state index contributed by atoms with van der Waals surface area (Å²) >= 11 is 11.7. The molecule has 0 saturated heterocycles. The van der Waals surface area contributed by atoms with Crippen LogP contribution in [-0.4, -0.2) is 11.3 Å². The maximum Gasteiger partial charge on any atom is 0.141 e. The number of aliphatic imine (C=N–C) groups is 1. The fraction of sp³-hybridized carbons (Fsp3) is 0.0714. The first-order chi connectivity index (χ1) is 8.56. The molecule has 0 aliphatic heterocycles. The summed E-state index contributed by atoms with van der Waals surface area (Å²) in [6.07, 6.45) is 1.64. The minimum atomic E-state index is 0.150. The summed E-state index contributed by atoms with van der Waals surface area (Å²) in [5, 5.41) is 10.6. The van der Waals surface area contributed by atoms with Crippen molar-refractivity contribution in [2.45, 2.75) is 6.92 Å². The van der Waals surface area contributed by atoms with E-state index in [9.17, 15) is 5.11 Å². The van der Waals surface area contributed by atoms with Gasteiger partial charge < -0.3 is 5.11 Å². The van der Waals surface area contributed by atoms with E-state index < -0.39 is 0 Å². The topological polar surface area (TPSA) is 32.6 Å². The molecular formula is C14H11Cl2NO. The van der Waals surface area contributed by atoms with Gasteiger partial charge in [-0.25, -0.2) is 0 Å². The fourth-order valence-corrected chi connectivity index (χ4v) is 1.78. The number of aryl methyl sites for hydroxylation is 1. The van der Waals surface area contributed by atoms with Gasteiger partial charge in [0.2, 0.25) is 0 Å². The van der Waals surface area contributed by atoms with Crippen molar-refractivity contribution in [3.05, 3.63) is 57.6 Å². The maximum atomic E-state index is 9.65. The molecule has 0 spiro atoms. The lowest BCUT2D eigenvalue weighted by Gasteiger charge is -2.01. The Hall–Kier alpha value is -1.51. The van der Waals surface area contributed by atoms with E-state index in [4.69, 9.17) is 23.2 Å². The molecule has 0 bridgehead atoms. The average molecular weight is 280 g/mol. The Balaban J connectivity index is 2.29. The first-order valence-corrected chi connectivity index (χ1v) is 6.10. The Labute approximate surface area is 116 Å². The molecule has 2 rings (SSSR count). The van der Waals surface area contributed by atoms with Crippen LogP contribution in [0.25, 0.3) is 0 Å². The van der Waals surface area contributed by atoms with Gasteiger partial charge in [0, 0.05) is 6.21 Å². The lowest BCUT2D eigenvalue weighted by Crippen LogP contribution is -1.81. The monoisotopic (exact) mass is 279 g/mol. The van der Waals surface area contributed by atoms with Gasteiger partial charge in [0.1, 0.15) is 11.4 Å². The van der Waals surface area contributed by atoms with Crippen molar-refractivity contribution in [3.8, 4) is 5.75 Å². The summed E-state index contributed by atoms with van der Waals surface area (Å²) in [5.41, 5.74) is 2.39. The van der Waals surface area contributed by atoms with Crippen molar-refractivity contribution in [2.75, 3.05) is 0 Å². The van der Waals surface area contributed by atoms with E-state index in [1.807, 2.05) is 25.1 Å². The van der Waals surface area contributed by atoms with E-state index in [1.165, 1.54) is 0 Å². The molecule has 0 radical (unpaired) electrons. The van der Waals surface area contributed by atoms with Crippen LogP contribution in [0.4, 0.5) is 5.69 Å². The molecule has 0 amide bonds. The number of hydrogen-bond donors (Lipinski definition) is 1. The molecule has 4 heteroatoms. The van der Waals surface area contributed by atoms with E-state index in [0.29, 0.717) is 15.7 Å². The molecule has 2 aromatic carbocycles. The van der Waals surface area contributed by atoms with Gasteiger partial charge >= 0.3 is 0 Å². The van der Waals surface area contributed by atoms with Crippen molar-refractivity contribution in [1.29, 1.82) is 0 Å². The van der Waals surface area contributed by atoms with Gasteiger partial charge in [0.25, 0.3) is 0 Å². The number of hydrogen-bond acceptors (Lipinski definition) is 2. The van der Waals surface area contributed by atoms with E-state index >= 15 is 0 Å². The molecular weight excluding hydrogens is 269 g/mol. The fourth-order valence-electron chi connectivity index (χ4n) is 1.47. The van der Waals surface area contributed by atoms with Crippen molar-refractivity contribution in [3.63, 3.8) is 0 Å². The summed E-state index contributed by atoms with van der Waals surface area (Å²) < 4.78 is 0. The van der Waals surface area contributed by atoms with Gasteiger partial charge in [-0.05, 0) is 42.3 Å². The Morgan fingerprint density at radius 1 is 1.06 bits per heavy atom. The molecule has 0 heterocycles. The molecule has 18 heavy (non-hydrogen) atoms. The number of phenols is 1. The van der Waals surface area contributed by atoms with E-state index in [0.717, 1.165) is 11.1 Å². The smallest absolute Gasteiger partial charge is 0.141 e. The Morgan fingerprint density at radius 2 is 1.83 bits per heavy atom. The minimum absolute atomic E-state index is 0.150. The van der Waals surface area contributed by atoms with Crippen LogP contribution >= 0.6 is 23.2 Å². The minimum Gasteiger partial charge on any atom is -0.506 e. The molecule has 92 valence electrons. The second kappa shape index (κ2) is 5.42. The molecule has 2 nitrogen and oxygen atoms in total. The van der Waals surface area contributed by atoms with Crippen LogP contribution in [0.1, 0.15) is 11.1 Å². The van der Waals surface area contributed by atoms with E-state index in [1.54, 1.807) is 24.4 Å². The molecule has 0 aromatic heterocycles. The Bertz CT molecular complexity index is 609. The van der Waals surface area contributed by atoms with Crippen LogP contribution < -0.4 is 0 Å². The second-order valence-electron chi connectivity index (χ2n) is 3.92. The summed E-state index contributed by atoms with van der Waals surface area (Å²) in [7, 11) is 0. The third-order valence-electron chi connectivity index (χ3n) is 2.43. The van der Waals surface area contributed by atoms with Crippen molar-refractivity contribution in [2.24, 2.45) is 4.99 Å². The normalized spacial score (nSPS) is 11.1. The van der Waals surface area contributed by atoms with E-state index in [-0.39, 0.29) is 5.75 Å². The second-order valence-corrected chi connectivity index (χ2v) is 4.74. The van der Waals surface area contributed by atoms with Crippen molar-refractivity contribution in [1.82, 2.24) is 0 Å². The number of aromatic hydroxyl groups is 1. The molecule has 2 aromatic rings. The number of rotatable bonds is 2. The van der Waals surface area contributed by atoms with E-state index in [2.05, 4.69) is 4.99 Å². The van der Waals surface area contributed by atoms with Crippen LogP contribution in [0.5, 0.6) is 5.75 Å². The highest BCUT2D eigenvalue weighted by atomic mass is 35.5. The van der Waals surface area contributed by atoms with Crippen LogP contribution in [-0.2, 0) is 0 Å². The Kier molecular flexibility index (Phi) is 3.90. The SMILES string of the molecule is Cc1ccc(O)c(N=Cc2ccc(Cl)c(Cl)c2)c1. The van der Waals surface area contributed by atoms with Crippen LogP contribution in [0, 0.1) is 6.92 Å². The zero-order valence-corrected chi connectivity index (χ0v) is 11.2. The Morgan fingerprint density at radius 3 is 2.56 bits per heavy atom. The van der Waals surface area contributed by atoms with Crippen LogP contribution in [0.2, 0.25) is 10.0 Å². The first-order valence-electron chi connectivity index (χ1n) is 5.35. The zero-order valence-electron chi connectivity index (χ0n) is 9.69. The summed E-state index contributed by atoms with van der Waals surface area (Å²) in [6.45, 7) is 1.94. The van der Waals surface area contributed by atoms with Crippen molar-refractivity contribution < 1.29 is 5.11 Å². The summed E-state index contributed by atoms with van der Waals surface area (Å²) in [6, 6.07) is 10.5. The predicted octanol–water partition coefficient (Wildman–Crippen LogP) is 4.76. The van der Waals surface area contributed by atoms with Gasteiger partial charge in [-0.2, -0.15) is 0 Å². The summed E-state index contributed by atoms with van der Waals surface area (Å²) in [4.78, 5) is 4.23. The molecule has 0 aliphatic carbocycles. The largest absolute Gasteiger partial charge is 0.506 e. The van der Waals surface area contributed by atoms with Gasteiger partial charge in [0.15, 0.2) is 0 Å². The van der Waals surface area contributed by atoms with Gasteiger partial charge in [0.05, 0.1) is 10.0 Å². The highest BCUT2D eigenvalue weighted by Crippen LogP contribution is 2.27.